The van der Waals surface area contributed by atoms with Crippen LogP contribution in [0, 0.1) is 5.92 Å². The number of nitrogens with two attached hydrogens (primary N) is 2. The number of nitrogens with zero attached hydrogens (tertiary/aromatic N) is 2. The van der Waals surface area contributed by atoms with Gasteiger partial charge < -0.3 is 42.7 Å². The molecule has 0 saturated carbocycles. The molecule has 15 nitrogen and oxygen atoms in total. The first-order chi connectivity index (χ1) is 30.5. The molecule has 0 aromatic heterocycles. The average Bonchev–Trinajstić information content (AvgIpc) is 3.65. The van der Waals surface area contributed by atoms with Gasteiger partial charge in [-0.15, -0.1) is 0 Å². The van der Waals surface area contributed by atoms with Crippen molar-refractivity contribution in [3.05, 3.63) is 144 Å². The van der Waals surface area contributed by atoms with Crippen LogP contribution in [-0.4, -0.2) is 94.8 Å². The van der Waals surface area contributed by atoms with Crippen LogP contribution in [0.25, 0.3) is 0 Å². The molecule has 2 fully saturated rings. The summed E-state index contributed by atoms with van der Waals surface area (Å²) in [4.78, 5) is 87.1. The van der Waals surface area contributed by atoms with E-state index in [4.69, 9.17) is 11.5 Å². The van der Waals surface area contributed by atoms with Gasteiger partial charge in [0.15, 0.2) is 5.96 Å². The molecule has 0 radical (unpaired) electrons. The summed E-state index contributed by atoms with van der Waals surface area (Å²) in [6, 6.07) is 33.6. The van der Waals surface area contributed by atoms with Crippen LogP contribution >= 0.6 is 0 Å². The van der Waals surface area contributed by atoms with E-state index in [-0.39, 0.29) is 61.6 Å². The van der Waals surface area contributed by atoms with Crippen LogP contribution in [0.4, 0.5) is 0 Å². The van der Waals surface area contributed by atoms with E-state index in [1.807, 2.05) is 121 Å². The first-order valence-electron chi connectivity index (χ1n) is 21.4. The minimum Gasteiger partial charge on any atom is -0.481 e. The van der Waals surface area contributed by atoms with Crippen molar-refractivity contribution in [1.82, 2.24) is 26.2 Å². The number of piperidine rings is 1. The number of fused-ring (bicyclic) bond motifs is 1. The highest BCUT2D eigenvalue weighted by Crippen LogP contribution is 2.39. The molecule has 2 heterocycles. The Kier molecular flexibility index (Phi) is 16.0. The number of carboxylic acid groups (broad SMARTS) is 1. The Morgan fingerprint density at radius 2 is 1.32 bits per heavy atom. The van der Waals surface area contributed by atoms with Crippen molar-refractivity contribution in [1.29, 1.82) is 0 Å². The van der Waals surface area contributed by atoms with E-state index < -0.39 is 54.3 Å². The van der Waals surface area contributed by atoms with Crippen molar-refractivity contribution >= 4 is 41.5 Å². The van der Waals surface area contributed by atoms with E-state index >= 15 is 0 Å². The lowest BCUT2D eigenvalue weighted by atomic mass is 9.86. The molecule has 9 N–H and O–H groups in total. The number of hydrogen-bond acceptors (Lipinski definition) is 7. The molecule has 63 heavy (non-hydrogen) atoms. The van der Waals surface area contributed by atoms with Crippen LogP contribution in [0.2, 0.25) is 0 Å². The molecule has 2 aliphatic rings. The van der Waals surface area contributed by atoms with Gasteiger partial charge in [0, 0.05) is 25.0 Å². The summed E-state index contributed by atoms with van der Waals surface area (Å²) in [6.07, 6.45) is 1.58. The summed E-state index contributed by atoms with van der Waals surface area (Å²) in [7, 11) is 0. The summed E-state index contributed by atoms with van der Waals surface area (Å²) in [5.41, 5.74) is 15.1. The second-order valence-corrected chi connectivity index (χ2v) is 16.1. The zero-order valence-electron chi connectivity index (χ0n) is 35.1. The highest BCUT2D eigenvalue weighted by molar-refractivity contribution is 5.97. The third kappa shape index (κ3) is 12.8. The standard InChI is InChI=1S/C48H56N8O7/c49-48(50)52-26-24-37(45(61)55-39(30-43(58)59)44(60)51-25-23-36(33-17-9-3-10-18-33)34-19-11-4-12-20-34)54-46(62)41-29-35(27-31-13-5-1-6-14-31)40-22-21-38(47(63)56(40)41)53-42(57)28-32-15-7-2-8-16-32/h1-20,35-41H,21-30H2,(H,51,60)(H,53,57)(H,54,62)(H,55,61)(H,58,59)(H4,49,50,52)/t35-,37+,38?,39+,40+,41+/m1/s1. The van der Waals surface area contributed by atoms with Gasteiger partial charge in [-0.2, -0.15) is 0 Å². The number of carbonyl (C=O) groups excluding carboxylic acids is 5. The van der Waals surface area contributed by atoms with E-state index in [0.717, 1.165) is 22.3 Å². The molecule has 0 spiro atoms. The Hall–Kier alpha value is -7.03. The van der Waals surface area contributed by atoms with Crippen LogP contribution in [0.15, 0.2) is 126 Å². The van der Waals surface area contributed by atoms with Gasteiger partial charge in [0.2, 0.25) is 29.5 Å². The minimum absolute atomic E-state index is 0.0644. The molecule has 1 unspecified atom stereocenters. The van der Waals surface area contributed by atoms with E-state index in [2.05, 4.69) is 26.3 Å². The van der Waals surface area contributed by atoms with E-state index in [1.54, 1.807) is 4.90 Å². The topological polar surface area (TPSA) is 238 Å². The molecule has 5 amide bonds. The number of guanidine groups is 1. The summed E-state index contributed by atoms with van der Waals surface area (Å²) in [5.74, 6) is -4.58. The van der Waals surface area contributed by atoms with Crippen molar-refractivity contribution in [3.8, 4) is 0 Å². The zero-order chi connectivity index (χ0) is 44.7. The Balaban J connectivity index is 1.17. The van der Waals surface area contributed by atoms with Gasteiger partial charge in [0.05, 0.1) is 12.8 Å². The molecule has 4 aromatic rings. The summed E-state index contributed by atoms with van der Waals surface area (Å²) in [5, 5.41) is 20.8. The van der Waals surface area contributed by atoms with Crippen LogP contribution in [0.3, 0.4) is 0 Å². The Morgan fingerprint density at radius 1 is 0.730 bits per heavy atom. The quantitative estimate of drug-likeness (QED) is 0.0511. The number of aliphatic imine (C=N–C) groups is 1. The maximum atomic E-state index is 14.4. The molecular weight excluding hydrogens is 801 g/mol. The van der Waals surface area contributed by atoms with Crippen molar-refractivity contribution in [2.75, 3.05) is 13.1 Å². The molecule has 4 aromatic carbocycles. The Labute approximate surface area is 367 Å². The lowest BCUT2D eigenvalue weighted by Crippen LogP contribution is -2.61. The summed E-state index contributed by atoms with van der Waals surface area (Å²) >= 11 is 0. The number of carboxylic acids is 1. The second kappa shape index (κ2) is 22.2. The van der Waals surface area contributed by atoms with Gasteiger partial charge in [-0.25, -0.2) is 0 Å². The minimum atomic E-state index is -1.49. The molecule has 2 saturated heterocycles. The predicted molar refractivity (Wildman–Crippen MR) is 238 cm³/mol. The lowest BCUT2D eigenvalue weighted by Gasteiger charge is -2.39. The third-order valence-electron chi connectivity index (χ3n) is 11.7. The predicted octanol–water partition coefficient (Wildman–Crippen LogP) is 2.78. The molecule has 2 aliphatic heterocycles. The smallest absolute Gasteiger partial charge is 0.305 e. The van der Waals surface area contributed by atoms with Gasteiger partial charge in [-0.05, 0) is 66.7 Å². The number of aliphatic carboxylic acids is 1. The number of benzene rings is 4. The summed E-state index contributed by atoms with van der Waals surface area (Å²) in [6.45, 7) is 0.0907. The van der Waals surface area contributed by atoms with Crippen molar-refractivity contribution in [2.45, 2.75) is 87.5 Å². The molecule has 6 atom stereocenters. The highest BCUT2D eigenvalue weighted by atomic mass is 16.4. The van der Waals surface area contributed by atoms with Crippen LogP contribution in [0.1, 0.15) is 66.7 Å². The molecule has 6 rings (SSSR count). The number of hydrogen-bond donors (Lipinski definition) is 7. The number of nitrogens with one attached hydrogen (secondary N) is 4. The molecule has 0 bridgehead atoms. The van der Waals surface area contributed by atoms with Gasteiger partial charge >= 0.3 is 5.97 Å². The second-order valence-electron chi connectivity index (χ2n) is 16.1. The molecule has 15 heteroatoms. The van der Waals surface area contributed by atoms with E-state index in [0.29, 0.717) is 32.1 Å². The molecular formula is C48H56N8O7. The monoisotopic (exact) mass is 856 g/mol. The van der Waals surface area contributed by atoms with Crippen LogP contribution in [-0.2, 0) is 41.6 Å². The highest BCUT2D eigenvalue weighted by Gasteiger charge is 2.51. The SMILES string of the molecule is NC(N)=NCC[C@H](NC(=O)[C@@H]1C[C@@H](Cc2ccccc2)[C@@H]2CCC(NC(=O)Cc3ccccc3)C(=O)N12)C(=O)N[C@@H](CC(=O)O)C(=O)NCCC(c1ccccc1)c1ccccc1. The molecule has 0 aliphatic carbocycles. The lowest BCUT2D eigenvalue weighted by molar-refractivity contribution is -0.147. The van der Waals surface area contributed by atoms with Crippen molar-refractivity contribution in [2.24, 2.45) is 22.4 Å². The maximum absolute atomic E-state index is 14.4. The normalized spacial score (nSPS) is 18.9. The fraction of sp³-hybridized carbons (Fsp3) is 0.354. The van der Waals surface area contributed by atoms with Gasteiger partial charge in [0.1, 0.15) is 24.2 Å². The van der Waals surface area contributed by atoms with Crippen molar-refractivity contribution in [3.63, 3.8) is 0 Å². The van der Waals surface area contributed by atoms with Crippen LogP contribution in [0.5, 0.6) is 0 Å². The number of carbonyl (C=O) groups is 6. The Morgan fingerprint density at radius 3 is 1.90 bits per heavy atom. The van der Waals surface area contributed by atoms with Gasteiger partial charge in [-0.1, -0.05) is 121 Å². The molecule has 330 valence electrons. The van der Waals surface area contributed by atoms with Gasteiger partial charge in [0.25, 0.3) is 0 Å². The number of amides is 5. The average molecular weight is 857 g/mol. The van der Waals surface area contributed by atoms with E-state index in [9.17, 15) is 33.9 Å². The summed E-state index contributed by atoms with van der Waals surface area (Å²) < 4.78 is 0. The number of rotatable bonds is 20. The third-order valence-corrected chi connectivity index (χ3v) is 11.7. The fourth-order valence-electron chi connectivity index (χ4n) is 8.75. The maximum Gasteiger partial charge on any atom is 0.305 e. The largest absolute Gasteiger partial charge is 0.481 e. The van der Waals surface area contributed by atoms with Crippen LogP contribution < -0.4 is 32.7 Å². The van der Waals surface area contributed by atoms with E-state index in [1.165, 1.54) is 0 Å². The first kappa shape index (κ1) is 45.5. The zero-order valence-corrected chi connectivity index (χ0v) is 35.1. The van der Waals surface area contributed by atoms with Crippen molar-refractivity contribution < 1.29 is 33.9 Å². The van der Waals surface area contributed by atoms with Gasteiger partial charge in [-0.3, -0.25) is 33.8 Å². The fourth-order valence-corrected chi connectivity index (χ4v) is 8.75. The first-order valence-corrected chi connectivity index (χ1v) is 21.4. The Bertz CT molecular complexity index is 2170.